The number of aryl methyl sites for hydroxylation is 1. The fourth-order valence-corrected chi connectivity index (χ4v) is 4.64. The van der Waals surface area contributed by atoms with Crippen molar-refractivity contribution in [3.63, 3.8) is 0 Å². The zero-order chi connectivity index (χ0) is 21.7. The molecule has 1 N–H and O–H groups in total. The quantitative estimate of drug-likeness (QED) is 0.667. The number of hydrogen-bond acceptors (Lipinski definition) is 6. The smallest absolute Gasteiger partial charge is 0.327 e. The van der Waals surface area contributed by atoms with E-state index in [0.29, 0.717) is 36.2 Å². The van der Waals surface area contributed by atoms with Crippen LogP contribution in [0.5, 0.6) is 11.5 Å². The lowest BCUT2D eigenvalue weighted by Crippen LogP contribution is -2.48. The third kappa shape index (κ3) is 3.19. The van der Waals surface area contributed by atoms with E-state index in [2.05, 4.69) is 21.3 Å². The van der Waals surface area contributed by atoms with Crippen molar-refractivity contribution in [1.82, 2.24) is 9.97 Å². The third-order valence-corrected chi connectivity index (χ3v) is 6.16. The number of ether oxygens (including phenoxy) is 2. The molecule has 1 saturated heterocycles. The molecule has 0 unspecified atom stereocenters. The Labute approximate surface area is 185 Å². The number of benzene rings is 1. The van der Waals surface area contributed by atoms with Gasteiger partial charge in [-0.1, -0.05) is 0 Å². The SMILES string of the molecule is Cc1cc(-c2ccc3c(n2)N(C(=O)Nc2ccc4c(c2)OCCO4)[C@H]2CCN3C2)ccn1. The summed E-state index contributed by atoms with van der Waals surface area (Å²) in [6, 6.07) is 13.4. The van der Waals surface area contributed by atoms with Crippen LogP contribution in [-0.2, 0) is 0 Å². The average Bonchev–Trinajstić information content (AvgIpc) is 3.23. The van der Waals surface area contributed by atoms with Gasteiger partial charge >= 0.3 is 6.03 Å². The van der Waals surface area contributed by atoms with Gasteiger partial charge in [0.05, 0.1) is 17.4 Å². The molecule has 0 aliphatic carbocycles. The maximum absolute atomic E-state index is 13.5. The lowest BCUT2D eigenvalue weighted by Gasteiger charge is -2.36. The lowest BCUT2D eigenvalue weighted by atomic mass is 10.1. The van der Waals surface area contributed by atoms with Crippen LogP contribution in [0.15, 0.2) is 48.7 Å². The maximum Gasteiger partial charge on any atom is 0.327 e. The molecule has 8 heteroatoms. The summed E-state index contributed by atoms with van der Waals surface area (Å²) < 4.78 is 11.2. The zero-order valence-corrected chi connectivity index (χ0v) is 17.7. The number of hydrogen-bond donors (Lipinski definition) is 1. The van der Waals surface area contributed by atoms with Crippen molar-refractivity contribution in [2.24, 2.45) is 0 Å². The first-order valence-electron chi connectivity index (χ1n) is 10.8. The Morgan fingerprint density at radius 3 is 2.84 bits per heavy atom. The van der Waals surface area contributed by atoms with Crippen molar-refractivity contribution >= 4 is 23.2 Å². The number of anilines is 3. The molecule has 0 spiro atoms. The van der Waals surface area contributed by atoms with Gasteiger partial charge in [0.25, 0.3) is 0 Å². The Bertz CT molecular complexity index is 1210. The molecular formula is C24H23N5O3. The van der Waals surface area contributed by atoms with Gasteiger partial charge in [0.2, 0.25) is 0 Å². The molecule has 0 radical (unpaired) electrons. The molecule has 2 bridgehead atoms. The van der Waals surface area contributed by atoms with E-state index in [9.17, 15) is 4.79 Å². The maximum atomic E-state index is 13.5. The number of carbonyl (C=O) groups excluding carboxylic acids is 1. The highest BCUT2D eigenvalue weighted by atomic mass is 16.6. The van der Waals surface area contributed by atoms with Gasteiger partial charge in [-0.2, -0.15) is 0 Å². The highest BCUT2D eigenvalue weighted by Crippen LogP contribution is 2.40. The molecule has 5 heterocycles. The van der Waals surface area contributed by atoms with E-state index in [1.807, 2.05) is 48.2 Å². The Hall–Kier alpha value is -3.81. The predicted molar refractivity (Wildman–Crippen MR) is 122 cm³/mol. The first-order valence-corrected chi connectivity index (χ1v) is 10.8. The second kappa shape index (κ2) is 7.40. The van der Waals surface area contributed by atoms with Crippen LogP contribution in [0.4, 0.5) is 22.0 Å². The molecule has 2 aromatic heterocycles. The van der Waals surface area contributed by atoms with Crippen LogP contribution in [0.25, 0.3) is 11.3 Å². The molecule has 8 nitrogen and oxygen atoms in total. The molecule has 0 saturated carbocycles. The van der Waals surface area contributed by atoms with E-state index < -0.39 is 0 Å². The number of nitrogens with one attached hydrogen (secondary N) is 1. The van der Waals surface area contributed by atoms with Crippen LogP contribution in [0.3, 0.4) is 0 Å². The molecule has 32 heavy (non-hydrogen) atoms. The number of carbonyl (C=O) groups is 1. The van der Waals surface area contributed by atoms with E-state index in [1.165, 1.54) is 0 Å². The van der Waals surface area contributed by atoms with Crippen LogP contribution >= 0.6 is 0 Å². The number of urea groups is 1. The fourth-order valence-electron chi connectivity index (χ4n) is 4.64. The largest absolute Gasteiger partial charge is 0.486 e. The van der Waals surface area contributed by atoms with Gasteiger partial charge in [0.15, 0.2) is 17.3 Å². The zero-order valence-electron chi connectivity index (χ0n) is 17.7. The Balaban J connectivity index is 1.34. The summed E-state index contributed by atoms with van der Waals surface area (Å²) >= 11 is 0. The van der Waals surface area contributed by atoms with Crippen LogP contribution in [-0.4, -0.2) is 48.3 Å². The van der Waals surface area contributed by atoms with Crippen LogP contribution in [0, 0.1) is 6.92 Å². The number of pyridine rings is 2. The van der Waals surface area contributed by atoms with Crippen molar-refractivity contribution in [2.45, 2.75) is 19.4 Å². The first-order chi connectivity index (χ1) is 15.7. The normalized spacial score (nSPS) is 18.3. The van der Waals surface area contributed by atoms with Crippen molar-refractivity contribution in [3.8, 4) is 22.8 Å². The van der Waals surface area contributed by atoms with Gasteiger partial charge < -0.3 is 19.7 Å². The van der Waals surface area contributed by atoms with Crippen molar-refractivity contribution in [3.05, 3.63) is 54.4 Å². The average molecular weight is 429 g/mol. The second-order valence-corrected chi connectivity index (χ2v) is 8.27. The van der Waals surface area contributed by atoms with Gasteiger partial charge in [0.1, 0.15) is 13.2 Å². The molecule has 1 atom stereocenters. The summed E-state index contributed by atoms with van der Waals surface area (Å²) in [7, 11) is 0. The topological polar surface area (TPSA) is 79.8 Å². The van der Waals surface area contributed by atoms with E-state index in [0.717, 1.165) is 42.1 Å². The molecule has 162 valence electrons. The van der Waals surface area contributed by atoms with E-state index >= 15 is 0 Å². The standard InChI is InChI=1S/C24H23N5O3/c1-15-12-16(6-8-25-15)19-3-4-20-23(27-19)29(18-7-9-28(20)14-18)24(30)26-17-2-5-21-22(13-17)32-11-10-31-21/h2-6,8,12-13,18H,7,9-11,14H2,1H3,(H,26,30)/t18-/m0/s1. The summed E-state index contributed by atoms with van der Waals surface area (Å²) in [4.78, 5) is 26.8. The summed E-state index contributed by atoms with van der Waals surface area (Å²) in [5.41, 5.74) is 4.40. The summed E-state index contributed by atoms with van der Waals surface area (Å²) in [5.74, 6) is 2.04. The fraction of sp³-hybridized carbons (Fsp3) is 0.292. The molecule has 3 aliphatic rings. The number of amides is 2. The first kappa shape index (κ1) is 18.9. The second-order valence-electron chi connectivity index (χ2n) is 8.27. The third-order valence-electron chi connectivity index (χ3n) is 6.16. The van der Waals surface area contributed by atoms with Crippen molar-refractivity contribution in [1.29, 1.82) is 0 Å². The van der Waals surface area contributed by atoms with E-state index in [-0.39, 0.29) is 12.1 Å². The summed E-state index contributed by atoms with van der Waals surface area (Å²) in [6.07, 6.45) is 2.69. The Kier molecular flexibility index (Phi) is 4.38. The van der Waals surface area contributed by atoms with Gasteiger partial charge in [-0.15, -0.1) is 0 Å². The number of nitrogens with zero attached hydrogens (tertiary/aromatic N) is 4. The molecule has 1 aromatic carbocycles. The molecule has 6 rings (SSSR count). The predicted octanol–water partition coefficient (Wildman–Crippen LogP) is 3.85. The molecular weight excluding hydrogens is 406 g/mol. The minimum Gasteiger partial charge on any atom is -0.486 e. The van der Waals surface area contributed by atoms with Gasteiger partial charge in [-0.05, 0) is 49.7 Å². The number of fused-ring (bicyclic) bond motifs is 5. The van der Waals surface area contributed by atoms with E-state index in [4.69, 9.17) is 14.5 Å². The molecule has 3 aliphatic heterocycles. The van der Waals surface area contributed by atoms with Crippen molar-refractivity contribution in [2.75, 3.05) is 41.4 Å². The van der Waals surface area contributed by atoms with Gasteiger partial charge in [0, 0.05) is 42.3 Å². The highest BCUT2D eigenvalue weighted by Gasteiger charge is 2.40. The van der Waals surface area contributed by atoms with E-state index in [1.54, 1.807) is 6.20 Å². The van der Waals surface area contributed by atoms with Crippen LogP contribution < -0.4 is 24.6 Å². The minimum absolute atomic E-state index is 0.0848. The molecule has 1 fully saturated rings. The number of aromatic nitrogens is 2. The Morgan fingerprint density at radius 1 is 1.09 bits per heavy atom. The van der Waals surface area contributed by atoms with Crippen molar-refractivity contribution < 1.29 is 14.3 Å². The molecule has 2 amide bonds. The Morgan fingerprint density at radius 2 is 1.97 bits per heavy atom. The summed E-state index contributed by atoms with van der Waals surface area (Å²) in [6.45, 7) is 4.73. The number of rotatable bonds is 2. The minimum atomic E-state index is -0.190. The van der Waals surface area contributed by atoms with Gasteiger partial charge in [-0.25, -0.2) is 9.78 Å². The van der Waals surface area contributed by atoms with Crippen LogP contribution in [0.2, 0.25) is 0 Å². The monoisotopic (exact) mass is 429 g/mol. The molecule has 3 aromatic rings. The van der Waals surface area contributed by atoms with Gasteiger partial charge in [-0.3, -0.25) is 9.88 Å². The van der Waals surface area contributed by atoms with Crippen LogP contribution in [0.1, 0.15) is 12.1 Å². The highest BCUT2D eigenvalue weighted by molar-refractivity contribution is 6.05. The summed E-state index contributed by atoms with van der Waals surface area (Å²) in [5, 5.41) is 3.04. The lowest BCUT2D eigenvalue weighted by molar-refractivity contribution is 0.171.